The van der Waals surface area contributed by atoms with Crippen molar-refractivity contribution in [2.75, 3.05) is 24.6 Å². The monoisotopic (exact) mass is 318 g/mol. The minimum absolute atomic E-state index is 0.00805. The number of thioether (sulfide) groups is 1. The molecule has 0 bridgehead atoms. The summed E-state index contributed by atoms with van der Waals surface area (Å²) in [6, 6.07) is 2.75. The topological polar surface area (TPSA) is 63.4 Å². The van der Waals surface area contributed by atoms with Crippen molar-refractivity contribution in [1.82, 2.24) is 4.31 Å². The standard InChI is InChI=1S/C13H19FN2O2S2/c1-10-7-12(8-11(9-15)13(10)14)20(17,18)16-3-2-5-19-6-4-16/h7-8H,2-6,9,15H2,1H3. The lowest BCUT2D eigenvalue weighted by Gasteiger charge is -2.20. The van der Waals surface area contributed by atoms with Crippen molar-refractivity contribution in [2.24, 2.45) is 5.73 Å². The lowest BCUT2D eigenvalue weighted by Crippen LogP contribution is -2.33. The summed E-state index contributed by atoms with van der Waals surface area (Å²) in [5.74, 6) is 1.35. The first-order chi connectivity index (χ1) is 9.46. The molecule has 0 amide bonds. The van der Waals surface area contributed by atoms with Crippen LogP contribution < -0.4 is 5.73 Å². The summed E-state index contributed by atoms with van der Waals surface area (Å²) >= 11 is 1.76. The molecule has 0 atom stereocenters. The van der Waals surface area contributed by atoms with Gasteiger partial charge in [0.2, 0.25) is 10.0 Å². The van der Waals surface area contributed by atoms with Gasteiger partial charge in [-0.05, 0) is 36.8 Å². The van der Waals surface area contributed by atoms with E-state index in [1.165, 1.54) is 16.4 Å². The van der Waals surface area contributed by atoms with Crippen LogP contribution in [0.15, 0.2) is 17.0 Å². The predicted octanol–water partition coefficient (Wildman–Crippen LogP) is 1.72. The van der Waals surface area contributed by atoms with E-state index in [0.717, 1.165) is 17.9 Å². The van der Waals surface area contributed by atoms with E-state index in [2.05, 4.69) is 0 Å². The molecule has 7 heteroatoms. The molecule has 0 radical (unpaired) electrons. The highest BCUT2D eigenvalue weighted by Gasteiger charge is 2.26. The molecule has 1 saturated heterocycles. The van der Waals surface area contributed by atoms with Crippen LogP contribution in [0.25, 0.3) is 0 Å². The minimum atomic E-state index is -3.56. The summed E-state index contributed by atoms with van der Waals surface area (Å²) in [5, 5.41) is 0. The first kappa shape index (κ1) is 15.8. The molecule has 1 fully saturated rings. The Morgan fingerprint density at radius 3 is 2.80 bits per heavy atom. The predicted molar refractivity (Wildman–Crippen MR) is 79.7 cm³/mol. The molecular formula is C13H19FN2O2S2. The smallest absolute Gasteiger partial charge is 0.243 e. The third kappa shape index (κ3) is 3.16. The SMILES string of the molecule is Cc1cc(S(=O)(=O)N2CCCSCC2)cc(CN)c1F. The molecule has 1 aliphatic heterocycles. The van der Waals surface area contributed by atoms with Gasteiger partial charge >= 0.3 is 0 Å². The molecule has 0 unspecified atom stereocenters. The van der Waals surface area contributed by atoms with Crippen LogP contribution >= 0.6 is 11.8 Å². The molecule has 1 aromatic carbocycles. The summed E-state index contributed by atoms with van der Waals surface area (Å²) in [5.41, 5.74) is 6.04. The van der Waals surface area contributed by atoms with E-state index in [4.69, 9.17) is 5.73 Å². The van der Waals surface area contributed by atoms with Crippen molar-refractivity contribution >= 4 is 21.8 Å². The van der Waals surface area contributed by atoms with Crippen molar-refractivity contribution < 1.29 is 12.8 Å². The van der Waals surface area contributed by atoms with Gasteiger partial charge in [0.1, 0.15) is 5.82 Å². The number of nitrogens with two attached hydrogens (primary N) is 1. The van der Waals surface area contributed by atoms with E-state index in [-0.39, 0.29) is 17.0 Å². The maximum Gasteiger partial charge on any atom is 0.243 e. The van der Waals surface area contributed by atoms with Crippen LogP contribution in [-0.2, 0) is 16.6 Å². The summed E-state index contributed by atoms with van der Waals surface area (Å²) in [4.78, 5) is 0.142. The van der Waals surface area contributed by atoms with Crippen LogP contribution in [0.4, 0.5) is 4.39 Å². The van der Waals surface area contributed by atoms with Gasteiger partial charge in [0.15, 0.2) is 0 Å². The van der Waals surface area contributed by atoms with Gasteiger partial charge in [0.25, 0.3) is 0 Å². The highest BCUT2D eigenvalue weighted by molar-refractivity contribution is 7.99. The Labute approximate surface area is 123 Å². The van der Waals surface area contributed by atoms with Gasteiger partial charge in [0.05, 0.1) is 4.90 Å². The highest BCUT2D eigenvalue weighted by atomic mass is 32.2. The second-order valence-corrected chi connectivity index (χ2v) is 7.95. The van der Waals surface area contributed by atoms with E-state index in [1.807, 2.05) is 0 Å². The fourth-order valence-corrected chi connectivity index (χ4v) is 4.84. The van der Waals surface area contributed by atoms with Gasteiger partial charge in [-0.2, -0.15) is 16.1 Å². The van der Waals surface area contributed by atoms with Gasteiger partial charge in [-0.1, -0.05) is 0 Å². The number of aryl methyl sites for hydroxylation is 1. The van der Waals surface area contributed by atoms with E-state index in [0.29, 0.717) is 18.7 Å². The van der Waals surface area contributed by atoms with Crippen LogP contribution in [-0.4, -0.2) is 37.3 Å². The number of hydrogen-bond acceptors (Lipinski definition) is 4. The third-order valence-corrected chi connectivity index (χ3v) is 6.27. The fourth-order valence-electron chi connectivity index (χ4n) is 2.22. The van der Waals surface area contributed by atoms with Crippen LogP contribution in [0.1, 0.15) is 17.5 Å². The van der Waals surface area contributed by atoms with E-state index in [9.17, 15) is 12.8 Å². The largest absolute Gasteiger partial charge is 0.326 e. The van der Waals surface area contributed by atoms with Crippen LogP contribution in [0.3, 0.4) is 0 Å². The van der Waals surface area contributed by atoms with Crippen molar-refractivity contribution in [3.05, 3.63) is 29.1 Å². The normalized spacial score (nSPS) is 17.9. The first-order valence-electron chi connectivity index (χ1n) is 6.54. The van der Waals surface area contributed by atoms with Crippen LogP contribution in [0.2, 0.25) is 0 Å². The Kier molecular flexibility index (Phi) is 5.06. The van der Waals surface area contributed by atoms with Gasteiger partial charge in [-0.3, -0.25) is 0 Å². The summed E-state index contributed by atoms with van der Waals surface area (Å²) in [6.45, 7) is 2.57. The Bertz CT molecular complexity index is 582. The number of benzene rings is 1. The Morgan fingerprint density at radius 1 is 1.35 bits per heavy atom. The second kappa shape index (κ2) is 6.43. The Balaban J connectivity index is 2.40. The number of rotatable bonds is 3. The quantitative estimate of drug-likeness (QED) is 0.922. The van der Waals surface area contributed by atoms with Gasteiger partial charge in [-0.25, -0.2) is 12.8 Å². The molecular weight excluding hydrogens is 299 g/mol. The zero-order valence-electron chi connectivity index (χ0n) is 11.4. The number of nitrogens with zero attached hydrogens (tertiary/aromatic N) is 1. The number of hydrogen-bond donors (Lipinski definition) is 1. The molecule has 2 N–H and O–H groups in total. The molecule has 1 aromatic rings. The van der Waals surface area contributed by atoms with Gasteiger partial charge in [0, 0.05) is 31.0 Å². The maximum atomic E-state index is 13.8. The van der Waals surface area contributed by atoms with Crippen molar-refractivity contribution in [1.29, 1.82) is 0 Å². The van der Waals surface area contributed by atoms with E-state index >= 15 is 0 Å². The van der Waals surface area contributed by atoms with Gasteiger partial charge < -0.3 is 5.73 Å². The summed E-state index contributed by atoms with van der Waals surface area (Å²) < 4.78 is 40.5. The molecule has 4 nitrogen and oxygen atoms in total. The van der Waals surface area contributed by atoms with Crippen molar-refractivity contribution in [3.63, 3.8) is 0 Å². The molecule has 2 rings (SSSR count). The van der Waals surface area contributed by atoms with Crippen LogP contribution in [0.5, 0.6) is 0 Å². The molecule has 0 spiro atoms. The lowest BCUT2D eigenvalue weighted by atomic mass is 10.1. The van der Waals surface area contributed by atoms with Crippen LogP contribution in [0, 0.1) is 12.7 Å². The highest BCUT2D eigenvalue weighted by Crippen LogP contribution is 2.24. The Morgan fingerprint density at radius 2 is 2.10 bits per heavy atom. The molecule has 0 saturated carbocycles. The average molecular weight is 318 g/mol. The maximum absolute atomic E-state index is 13.8. The number of sulfonamides is 1. The minimum Gasteiger partial charge on any atom is -0.326 e. The Hall–Kier alpha value is -0.630. The summed E-state index contributed by atoms with van der Waals surface area (Å²) in [7, 11) is -3.56. The molecule has 20 heavy (non-hydrogen) atoms. The van der Waals surface area contributed by atoms with Gasteiger partial charge in [-0.15, -0.1) is 0 Å². The average Bonchev–Trinajstić information content (AvgIpc) is 2.71. The zero-order chi connectivity index (χ0) is 14.8. The number of halogens is 1. The van der Waals surface area contributed by atoms with E-state index < -0.39 is 15.8 Å². The van der Waals surface area contributed by atoms with E-state index in [1.54, 1.807) is 18.7 Å². The second-order valence-electron chi connectivity index (χ2n) is 4.79. The molecule has 1 aliphatic rings. The van der Waals surface area contributed by atoms with Crippen molar-refractivity contribution in [2.45, 2.75) is 24.8 Å². The summed E-state index contributed by atoms with van der Waals surface area (Å²) in [6.07, 6.45) is 0.841. The first-order valence-corrected chi connectivity index (χ1v) is 9.13. The molecule has 1 heterocycles. The molecule has 112 valence electrons. The third-order valence-electron chi connectivity index (χ3n) is 3.34. The zero-order valence-corrected chi connectivity index (χ0v) is 13.1. The molecule has 0 aliphatic carbocycles. The fraction of sp³-hybridized carbons (Fsp3) is 0.538. The van der Waals surface area contributed by atoms with Crippen molar-refractivity contribution in [3.8, 4) is 0 Å². The lowest BCUT2D eigenvalue weighted by molar-refractivity contribution is 0.434. The molecule has 0 aromatic heterocycles.